The van der Waals surface area contributed by atoms with Crippen molar-refractivity contribution in [3.8, 4) is 11.1 Å². The van der Waals surface area contributed by atoms with Crippen LogP contribution in [0, 0.1) is 0 Å². The number of nitrogens with zero attached hydrogens (tertiary/aromatic N) is 4. The maximum atomic E-state index is 13.3. The van der Waals surface area contributed by atoms with Crippen LogP contribution < -0.4 is 10.5 Å². The van der Waals surface area contributed by atoms with Crippen LogP contribution in [-0.4, -0.2) is 28.9 Å². The summed E-state index contributed by atoms with van der Waals surface area (Å²) < 4.78 is 2.47. The first-order chi connectivity index (χ1) is 15.1. The van der Waals surface area contributed by atoms with Gasteiger partial charge in [-0.1, -0.05) is 36.4 Å². The van der Waals surface area contributed by atoms with E-state index in [4.69, 9.17) is 4.98 Å². The quantitative estimate of drug-likeness (QED) is 0.398. The second-order valence-electron chi connectivity index (χ2n) is 7.75. The second kappa shape index (κ2) is 7.96. The zero-order valence-electron chi connectivity index (χ0n) is 17.4. The van der Waals surface area contributed by atoms with Gasteiger partial charge in [-0.05, 0) is 29.8 Å². The van der Waals surface area contributed by atoms with Crippen molar-refractivity contribution >= 4 is 38.0 Å². The molecule has 0 saturated carbocycles. The fourth-order valence-corrected chi connectivity index (χ4v) is 4.71. The van der Waals surface area contributed by atoms with Crippen molar-refractivity contribution in [1.29, 1.82) is 0 Å². The molecule has 5 nitrogen and oxygen atoms in total. The maximum absolute atomic E-state index is 13.3. The Bertz CT molecular complexity index is 1450. The molecule has 0 fully saturated rings. The summed E-state index contributed by atoms with van der Waals surface area (Å²) in [6.45, 7) is 0.493. The molecule has 5 aromatic rings. The van der Waals surface area contributed by atoms with Crippen molar-refractivity contribution in [2.75, 3.05) is 19.0 Å². The van der Waals surface area contributed by atoms with Crippen LogP contribution in [0.4, 0.5) is 5.69 Å². The van der Waals surface area contributed by atoms with E-state index in [0.29, 0.717) is 13.0 Å². The highest BCUT2D eigenvalue weighted by molar-refractivity contribution is 7.17. The molecule has 2 aromatic carbocycles. The monoisotopic (exact) mass is 426 g/mol. The van der Waals surface area contributed by atoms with E-state index in [2.05, 4.69) is 45.7 Å². The molecule has 6 heteroatoms. The molecule has 0 unspecified atom stereocenters. The van der Waals surface area contributed by atoms with E-state index in [1.165, 1.54) is 0 Å². The number of benzene rings is 2. The van der Waals surface area contributed by atoms with Gasteiger partial charge >= 0.3 is 0 Å². The number of aromatic nitrogens is 3. The molecular formula is C25H22N4OS. The van der Waals surface area contributed by atoms with Crippen molar-refractivity contribution in [2.24, 2.45) is 0 Å². The topological polar surface area (TPSA) is 51.0 Å². The third-order valence-corrected chi connectivity index (χ3v) is 6.41. The van der Waals surface area contributed by atoms with E-state index in [9.17, 15) is 4.79 Å². The highest BCUT2D eigenvalue weighted by Gasteiger charge is 2.14. The Kier molecular flexibility index (Phi) is 5.00. The van der Waals surface area contributed by atoms with Gasteiger partial charge in [0.2, 0.25) is 0 Å². The average molecular weight is 427 g/mol. The van der Waals surface area contributed by atoms with Crippen LogP contribution in [0.15, 0.2) is 77.0 Å². The molecule has 0 spiro atoms. The van der Waals surface area contributed by atoms with Crippen LogP contribution in [0.5, 0.6) is 0 Å². The van der Waals surface area contributed by atoms with Gasteiger partial charge in [0.1, 0.15) is 0 Å². The fraction of sp³-hybridized carbons (Fsp3) is 0.160. The number of hydrogen-bond donors (Lipinski definition) is 0. The molecule has 0 bridgehead atoms. The molecule has 3 aromatic heterocycles. The van der Waals surface area contributed by atoms with E-state index in [1.54, 1.807) is 22.2 Å². The lowest BCUT2D eigenvalue weighted by Gasteiger charge is -2.13. The Balaban J connectivity index is 1.49. The zero-order valence-corrected chi connectivity index (χ0v) is 18.3. The Hall–Kier alpha value is -3.51. The molecule has 31 heavy (non-hydrogen) atoms. The van der Waals surface area contributed by atoms with Crippen LogP contribution in [0.3, 0.4) is 0 Å². The normalized spacial score (nSPS) is 11.3. The van der Waals surface area contributed by atoms with Gasteiger partial charge in [-0.15, -0.1) is 11.3 Å². The molecule has 0 atom stereocenters. The van der Waals surface area contributed by atoms with Crippen LogP contribution >= 0.6 is 11.3 Å². The summed E-state index contributed by atoms with van der Waals surface area (Å²) in [6, 6.07) is 20.4. The lowest BCUT2D eigenvalue weighted by Crippen LogP contribution is -2.23. The minimum Gasteiger partial charge on any atom is -0.378 e. The van der Waals surface area contributed by atoms with Crippen molar-refractivity contribution in [3.63, 3.8) is 0 Å². The van der Waals surface area contributed by atoms with E-state index in [0.717, 1.165) is 43.5 Å². The number of aryl methyl sites for hydroxylation is 2. The molecular weight excluding hydrogens is 404 g/mol. The number of pyridine rings is 1. The minimum atomic E-state index is -0.0511. The molecule has 0 saturated heterocycles. The minimum absolute atomic E-state index is 0.0511. The van der Waals surface area contributed by atoms with Crippen molar-refractivity contribution < 1.29 is 0 Å². The summed E-state index contributed by atoms with van der Waals surface area (Å²) in [7, 11) is 4.03. The summed E-state index contributed by atoms with van der Waals surface area (Å²) >= 11 is 1.56. The smallest absolute Gasteiger partial charge is 0.276 e. The molecule has 0 N–H and O–H groups in total. The first-order valence-electron chi connectivity index (χ1n) is 10.2. The van der Waals surface area contributed by atoms with E-state index in [-0.39, 0.29) is 5.56 Å². The first-order valence-corrected chi connectivity index (χ1v) is 11.1. The highest BCUT2D eigenvalue weighted by atomic mass is 32.1. The van der Waals surface area contributed by atoms with Gasteiger partial charge in [0.05, 0.1) is 28.3 Å². The van der Waals surface area contributed by atoms with Crippen molar-refractivity contribution in [3.05, 3.63) is 88.3 Å². The predicted octanol–water partition coefficient (Wildman–Crippen LogP) is 4.98. The Morgan fingerprint density at radius 1 is 1.03 bits per heavy atom. The lowest BCUT2D eigenvalue weighted by atomic mass is 10.1. The molecule has 5 rings (SSSR count). The predicted molar refractivity (Wildman–Crippen MR) is 129 cm³/mol. The van der Waals surface area contributed by atoms with Gasteiger partial charge in [-0.2, -0.15) is 5.10 Å². The first kappa shape index (κ1) is 19.5. The van der Waals surface area contributed by atoms with E-state index < -0.39 is 0 Å². The van der Waals surface area contributed by atoms with Gasteiger partial charge in [-0.25, -0.2) is 4.68 Å². The van der Waals surface area contributed by atoms with Gasteiger partial charge in [0.25, 0.3) is 5.56 Å². The van der Waals surface area contributed by atoms with Gasteiger partial charge < -0.3 is 4.90 Å². The zero-order chi connectivity index (χ0) is 21.4. The molecule has 0 radical (unpaired) electrons. The average Bonchev–Trinajstić information content (AvgIpc) is 3.23. The van der Waals surface area contributed by atoms with Gasteiger partial charge in [-0.3, -0.25) is 9.78 Å². The van der Waals surface area contributed by atoms with Crippen LogP contribution in [-0.2, 0) is 13.0 Å². The molecule has 0 aliphatic rings. The SMILES string of the molecule is CN(C)c1cccc(-c2csc3cnn(CCc4ccc5ccccc5n4)c(=O)c23)c1. The lowest BCUT2D eigenvalue weighted by molar-refractivity contribution is 0.580. The van der Waals surface area contributed by atoms with Gasteiger partial charge in [0.15, 0.2) is 0 Å². The van der Waals surface area contributed by atoms with Crippen LogP contribution in [0.2, 0.25) is 0 Å². The molecule has 0 amide bonds. The van der Waals surface area contributed by atoms with Crippen LogP contribution in [0.25, 0.3) is 32.1 Å². The van der Waals surface area contributed by atoms with E-state index >= 15 is 0 Å². The summed E-state index contributed by atoms with van der Waals surface area (Å²) in [5.41, 5.74) is 4.99. The number of thiophene rings is 1. The number of fused-ring (bicyclic) bond motifs is 2. The summed E-state index contributed by atoms with van der Waals surface area (Å²) in [5, 5.41) is 8.32. The number of anilines is 1. The van der Waals surface area contributed by atoms with E-state index in [1.807, 2.05) is 44.4 Å². The Morgan fingerprint density at radius 3 is 2.77 bits per heavy atom. The van der Waals surface area contributed by atoms with Crippen LogP contribution in [0.1, 0.15) is 5.69 Å². The third kappa shape index (κ3) is 3.70. The summed E-state index contributed by atoms with van der Waals surface area (Å²) in [5.74, 6) is 0. The summed E-state index contributed by atoms with van der Waals surface area (Å²) in [6.07, 6.45) is 2.45. The van der Waals surface area contributed by atoms with Gasteiger partial charge in [0, 0.05) is 48.2 Å². The molecule has 0 aliphatic heterocycles. The molecule has 3 heterocycles. The van der Waals surface area contributed by atoms with Crippen molar-refractivity contribution in [2.45, 2.75) is 13.0 Å². The second-order valence-corrected chi connectivity index (χ2v) is 8.66. The highest BCUT2D eigenvalue weighted by Crippen LogP contribution is 2.33. The Morgan fingerprint density at radius 2 is 1.90 bits per heavy atom. The maximum Gasteiger partial charge on any atom is 0.276 e. The third-order valence-electron chi connectivity index (χ3n) is 5.49. The largest absolute Gasteiger partial charge is 0.378 e. The Labute approximate surface area is 184 Å². The van der Waals surface area contributed by atoms with Crippen molar-refractivity contribution in [1.82, 2.24) is 14.8 Å². The molecule has 154 valence electrons. The standard InChI is InChI=1S/C25H22N4OS/c1-28(2)20-8-5-7-18(14-20)21-16-31-23-15-26-29(25(30)24(21)23)13-12-19-11-10-17-6-3-4-9-22(17)27-19/h3-11,14-16H,12-13H2,1-2H3. The summed E-state index contributed by atoms with van der Waals surface area (Å²) in [4.78, 5) is 20.1. The molecule has 0 aliphatic carbocycles. The number of para-hydroxylation sites is 1. The number of hydrogen-bond acceptors (Lipinski definition) is 5. The fourth-order valence-electron chi connectivity index (χ4n) is 3.78. The number of rotatable bonds is 5.